The Morgan fingerprint density at radius 3 is 2.63 bits per heavy atom. The van der Waals surface area contributed by atoms with E-state index in [0.717, 1.165) is 15.6 Å². The normalized spacial score (nSPS) is 10.3. The van der Waals surface area contributed by atoms with Gasteiger partial charge >= 0.3 is 6.03 Å². The molecule has 0 unspecified atom stereocenters. The topological polar surface area (TPSA) is 66.9 Å². The Morgan fingerprint density at radius 1 is 1.21 bits per heavy atom. The molecule has 0 radical (unpaired) electrons. The van der Waals surface area contributed by atoms with Gasteiger partial charge in [0.2, 0.25) is 5.13 Å². The van der Waals surface area contributed by atoms with Gasteiger partial charge in [0.25, 0.3) is 0 Å². The van der Waals surface area contributed by atoms with Crippen LogP contribution in [0.15, 0.2) is 22.5 Å². The van der Waals surface area contributed by atoms with Crippen LogP contribution >= 0.6 is 23.1 Å². The number of carbonyl (C=O) groups is 1. The lowest BCUT2D eigenvalue weighted by Crippen LogP contribution is -2.19. The van der Waals surface area contributed by atoms with Crippen molar-refractivity contribution in [3.05, 3.63) is 29.3 Å². The zero-order chi connectivity index (χ0) is 13.8. The molecule has 1 aromatic carbocycles. The van der Waals surface area contributed by atoms with Crippen molar-refractivity contribution in [2.45, 2.75) is 18.2 Å². The van der Waals surface area contributed by atoms with E-state index in [1.807, 2.05) is 38.3 Å². The summed E-state index contributed by atoms with van der Waals surface area (Å²) in [5.41, 5.74) is 3.09. The van der Waals surface area contributed by atoms with Crippen molar-refractivity contribution in [1.82, 2.24) is 10.2 Å². The van der Waals surface area contributed by atoms with Crippen LogP contribution in [0, 0.1) is 13.8 Å². The van der Waals surface area contributed by atoms with Crippen LogP contribution in [0.3, 0.4) is 0 Å². The second-order valence-electron chi connectivity index (χ2n) is 3.96. The Kier molecular flexibility index (Phi) is 4.39. The number of nitrogens with one attached hydrogen (secondary N) is 2. The van der Waals surface area contributed by atoms with Gasteiger partial charge < -0.3 is 5.32 Å². The Bertz CT molecular complexity index is 597. The van der Waals surface area contributed by atoms with Crippen LogP contribution in [0.4, 0.5) is 15.6 Å². The maximum atomic E-state index is 11.8. The number of urea groups is 1. The molecule has 5 nitrogen and oxygen atoms in total. The summed E-state index contributed by atoms with van der Waals surface area (Å²) in [6, 6.07) is 5.46. The van der Waals surface area contributed by atoms with E-state index < -0.39 is 0 Å². The zero-order valence-electron chi connectivity index (χ0n) is 10.9. The Labute approximate surface area is 119 Å². The fourth-order valence-corrected chi connectivity index (χ4v) is 2.59. The monoisotopic (exact) mass is 294 g/mol. The van der Waals surface area contributed by atoms with E-state index in [0.29, 0.717) is 5.13 Å². The molecular formula is C12H14N4OS2. The molecule has 19 heavy (non-hydrogen) atoms. The van der Waals surface area contributed by atoms with E-state index in [-0.39, 0.29) is 6.03 Å². The van der Waals surface area contributed by atoms with Crippen LogP contribution in [0.25, 0.3) is 0 Å². The second-order valence-corrected chi connectivity index (χ2v) is 5.99. The molecule has 100 valence electrons. The summed E-state index contributed by atoms with van der Waals surface area (Å²) in [7, 11) is 0. The van der Waals surface area contributed by atoms with E-state index in [4.69, 9.17) is 0 Å². The number of thioether (sulfide) groups is 1. The summed E-state index contributed by atoms with van der Waals surface area (Å²) in [6.45, 7) is 4.04. The summed E-state index contributed by atoms with van der Waals surface area (Å²) < 4.78 is 0.821. The van der Waals surface area contributed by atoms with Crippen molar-refractivity contribution in [1.29, 1.82) is 0 Å². The first-order valence-corrected chi connectivity index (χ1v) is 7.65. The van der Waals surface area contributed by atoms with Crippen LogP contribution in [0.2, 0.25) is 0 Å². The average Bonchev–Trinajstić information content (AvgIpc) is 2.81. The fourth-order valence-electron chi connectivity index (χ4n) is 1.42. The van der Waals surface area contributed by atoms with Gasteiger partial charge in [-0.15, -0.1) is 10.2 Å². The SMILES string of the molecule is CSc1nnc(NC(=O)Nc2ccc(C)c(C)c2)s1. The van der Waals surface area contributed by atoms with Gasteiger partial charge in [-0.3, -0.25) is 5.32 Å². The lowest BCUT2D eigenvalue weighted by Gasteiger charge is -2.07. The molecule has 0 aliphatic rings. The van der Waals surface area contributed by atoms with Crippen LogP contribution in [0.1, 0.15) is 11.1 Å². The summed E-state index contributed by atoms with van der Waals surface area (Å²) in [5.74, 6) is 0. The summed E-state index contributed by atoms with van der Waals surface area (Å²) in [5, 5.41) is 13.7. The van der Waals surface area contributed by atoms with E-state index in [1.54, 1.807) is 0 Å². The molecule has 1 aromatic heterocycles. The van der Waals surface area contributed by atoms with Gasteiger partial charge in [0, 0.05) is 5.69 Å². The van der Waals surface area contributed by atoms with E-state index in [1.165, 1.54) is 28.7 Å². The maximum absolute atomic E-state index is 11.8. The number of nitrogens with zero attached hydrogens (tertiary/aromatic N) is 2. The Balaban J connectivity index is 1.98. The highest BCUT2D eigenvalue weighted by molar-refractivity contribution is 8.00. The number of amides is 2. The third-order valence-electron chi connectivity index (χ3n) is 2.57. The quantitative estimate of drug-likeness (QED) is 0.671. The van der Waals surface area contributed by atoms with Gasteiger partial charge in [0.05, 0.1) is 0 Å². The van der Waals surface area contributed by atoms with Crippen LogP contribution < -0.4 is 10.6 Å². The molecular weight excluding hydrogens is 280 g/mol. The molecule has 0 aliphatic heterocycles. The number of benzene rings is 1. The van der Waals surface area contributed by atoms with Crippen LogP contribution in [0.5, 0.6) is 0 Å². The molecule has 2 aromatic rings. The number of aromatic nitrogens is 2. The lowest BCUT2D eigenvalue weighted by atomic mass is 10.1. The van der Waals surface area contributed by atoms with Crippen molar-refractivity contribution in [3.8, 4) is 0 Å². The van der Waals surface area contributed by atoms with Crippen molar-refractivity contribution in [3.63, 3.8) is 0 Å². The third-order valence-corrected chi connectivity index (χ3v) is 4.38. The van der Waals surface area contributed by atoms with E-state index in [2.05, 4.69) is 20.8 Å². The van der Waals surface area contributed by atoms with Gasteiger partial charge in [0.15, 0.2) is 4.34 Å². The average molecular weight is 294 g/mol. The molecule has 1 heterocycles. The zero-order valence-corrected chi connectivity index (χ0v) is 12.5. The van der Waals surface area contributed by atoms with Crippen molar-refractivity contribution >= 4 is 39.9 Å². The van der Waals surface area contributed by atoms with Crippen LogP contribution in [-0.2, 0) is 0 Å². The number of rotatable bonds is 3. The molecule has 2 amide bonds. The van der Waals surface area contributed by atoms with Gasteiger partial charge in [-0.1, -0.05) is 29.2 Å². The number of anilines is 2. The molecule has 2 N–H and O–H groups in total. The first kappa shape index (κ1) is 13.8. The molecule has 0 saturated heterocycles. The molecule has 0 atom stereocenters. The predicted molar refractivity (Wildman–Crippen MR) is 80.2 cm³/mol. The van der Waals surface area contributed by atoms with Gasteiger partial charge in [-0.05, 0) is 43.4 Å². The van der Waals surface area contributed by atoms with Crippen molar-refractivity contribution in [2.24, 2.45) is 0 Å². The van der Waals surface area contributed by atoms with Crippen molar-refractivity contribution < 1.29 is 4.79 Å². The first-order valence-electron chi connectivity index (χ1n) is 5.61. The predicted octanol–water partition coefficient (Wildman–Crippen LogP) is 3.52. The Morgan fingerprint density at radius 2 is 2.00 bits per heavy atom. The molecule has 0 spiro atoms. The maximum Gasteiger partial charge on any atom is 0.325 e. The van der Waals surface area contributed by atoms with Crippen LogP contribution in [-0.4, -0.2) is 22.5 Å². The smallest absolute Gasteiger partial charge is 0.308 e. The highest BCUT2D eigenvalue weighted by Gasteiger charge is 2.08. The van der Waals surface area contributed by atoms with Crippen molar-refractivity contribution in [2.75, 3.05) is 16.9 Å². The fraction of sp³-hybridized carbons (Fsp3) is 0.250. The number of hydrogen-bond acceptors (Lipinski definition) is 5. The number of carbonyl (C=O) groups excluding carboxylic acids is 1. The summed E-state index contributed by atoms with van der Waals surface area (Å²) in [4.78, 5) is 11.8. The first-order chi connectivity index (χ1) is 9.08. The van der Waals surface area contributed by atoms with E-state index in [9.17, 15) is 4.79 Å². The third kappa shape index (κ3) is 3.68. The Hall–Kier alpha value is -1.60. The number of aryl methyl sites for hydroxylation is 2. The van der Waals surface area contributed by atoms with Gasteiger partial charge in [-0.25, -0.2) is 4.79 Å². The standard InChI is InChI=1S/C12H14N4OS2/c1-7-4-5-9(6-8(7)2)13-10(17)14-11-15-16-12(18-3)19-11/h4-6H,1-3H3,(H2,13,14,15,17). The molecule has 0 aliphatic carbocycles. The minimum atomic E-state index is -0.313. The van der Waals surface area contributed by atoms with E-state index >= 15 is 0 Å². The highest BCUT2D eigenvalue weighted by Crippen LogP contribution is 2.23. The lowest BCUT2D eigenvalue weighted by molar-refractivity contribution is 0.262. The molecule has 2 rings (SSSR count). The second kappa shape index (κ2) is 6.03. The minimum Gasteiger partial charge on any atom is -0.308 e. The van der Waals surface area contributed by atoms with Gasteiger partial charge in [-0.2, -0.15) is 0 Å². The minimum absolute atomic E-state index is 0.313. The largest absolute Gasteiger partial charge is 0.325 e. The molecule has 0 saturated carbocycles. The molecule has 7 heteroatoms. The highest BCUT2D eigenvalue weighted by atomic mass is 32.2. The summed E-state index contributed by atoms with van der Waals surface area (Å²) >= 11 is 2.84. The molecule has 0 fully saturated rings. The molecule has 0 bridgehead atoms. The summed E-state index contributed by atoms with van der Waals surface area (Å²) in [6.07, 6.45) is 1.92. The van der Waals surface area contributed by atoms with Gasteiger partial charge in [0.1, 0.15) is 0 Å². The number of hydrogen-bond donors (Lipinski definition) is 2.